The van der Waals surface area contributed by atoms with Gasteiger partial charge < -0.3 is 14.4 Å². The van der Waals surface area contributed by atoms with Gasteiger partial charge in [0.1, 0.15) is 17.3 Å². The van der Waals surface area contributed by atoms with Gasteiger partial charge in [-0.05, 0) is 23.8 Å². The molecule has 3 heterocycles. The highest BCUT2D eigenvalue weighted by Crippen LogP contribution is 2.39. The molecule has 0 radical (unpaired) electrons. The normalized spacial score (nSPS) is 11.0. The van der Waals surface area contributed by atoms with E-state index in [0.29, 0.717) is 22.1 Å². The molecule has 0 aliphatic heterocycles. The molecule has 4 aromatic rings. The molecule has 0 spiro atoms. The monoisotopic (exact) mass is 399 g/mol. The SMILES string of the molecule is Cn1ccnc1-c1cc2nccc(Oc3ccc(CC(=O)O)c(Cl)c3)c2s1. The molecule has 8 heteroatoms. The maximum absolute atomic E-state index is 10.9. The van der Waals surface area contributed by atoms with Crippen molar-refractivity contribution in [3.63, 3.8) is 0 Å². The van der Waals surface area contributed by atoms with E-state index in [4.69, 9.17) is 21.4 Å². The molecule has 0 saturated heterocycles. The number of carboxylic acids is 1. The van der Waals surface area contributed by atoms with Gasteiger partial charge in [0.25, 0.3) is 0 Å². The number of rotatable bonds is 5. The van der Waals surface area contributed by atoms with Crippen LogP contribution in [0.5, 0.6) is 11.5 Å². The Morgan fingerprint density at radius 3 is 2.81 bits per heavy atom. The number of carbonyl (C=O) groups is 1. The summed E-state index contributed by atoms with van der Waals surface area (Å²) in [4.78, 5) is 20.7. The molecule has 0 amide bonds. The Hall–Kier alpha value is -2.90. The summed E-state index contributed by atoms with van der Waals surface area (Å²) in [7, 11) is 1.94. The number of pyridine rings is 1. The van der Waals surface area contributed by atoms with E-state index >= 15 is 0 Å². The Bertz CT molecular complexity index is 1150. The third-order valence-electron chi connectivity index (χ3n) is 4.01. The Labute approximate surface area is 163 Å². The number of nitrogens with zero attached hydrogens (tertiary/aromatic N) is 3. The number of aromatic nitrogens is 3. The van der Waals surface area contributed by atoms with Crippen molar-refractivity contribution in [2.45, 2.75) is 6.42 Å². The molecule has 0 atom stereocenters. The lowest BCUT2D eigenvalue weighted by Gasteiger charge is -2.08. The number of hydrogen-bond donors (Lipinski definition) is 1. The summed E-state index contributed by atoms with van der Waals surface area (Å²) in [6.07, 6.45) is 5.21. The summed E-state index contributed by atoms with van der Waals surface area (Å²) in [5.74, 6) is 1.13. The molecule has 1 aromatic carbocycles. The number of ether oxygens (including phenoxy) is 1. The van der Waals surface area contributed by atoms with Crippen LogP contribution >= 0.6 is 22.9 Å². The molecule has 1 N–H and O–H groups in total. The van der Waals surface area contributed by atoms with Crippen LogP contribution in [0.15, 0.2) is 48.9 Å². The molecule has 3 aromatic heterocycles. The Morgan fingerprint density at radius 1 is 1.26 bits per heavy atom. The van der Waals surface area contributed by atoms with Gasteiger partial charge in [0.15, 0.2) is 0 Å². The average molecular weight is 400 g/mol. The van der Waals surface area contributed by atoms with Gasteiger partial charge in [-0.15, -0.1) is 11.3 Å². The first-order chi connectivity index (χ1) is 13.0. The van der Waals surface area contributed by atoms with Crippen LogP contribution in [0.3, 0.4) is 0 Å². The van der Waals surface area contributed by atoms with E-state index in [1.54, 1.807) is 48.0 Å². The number of imidazole rings is 1. The molecular formula is C19H14ClN3O3S. The minimum absolute atomic E-state index is 0.128. The number of hydrogen-bond acceptors (Lipinski definition) is 5. The molecule has 0 unspecified atom stereocenters. The Morgan fingerprint density at radius 2 is 2.11 bits per heavy atom. The lowest BCUT2D eigenvalue weighted by atomic mass is 10.1. The van der Waals surface area contributed by atoms with E-state index in [1.807, 2.05) is 23.9 Å². The van der Waals surface area contributed by atoms with Crippen molar-refractivity contribution in [3.05, 3.63) is 59.5 Å². The zero-order chi connectivity index (χ0) is 19.0. The van der Waals surface area contributed by atoms with Gasteiger partial charge in [-0.3, -0.25) is 9.78 Å². The zero-order valence-corrected chi connectivity index (χ0v) is 15.8. The third kappa shape index (κ3) is 3.51. The second-order valence-corrected chi connectivity index (χ2v) is 7.38. The number of halogens is 1. The van der Waals surface area contributed by atoms with Crippen LogP contribution < -0.4 is 4.74 Å². The number of fused-ring (bicyclic) bond motifs is 1. The first kappa shape index (κ1) is 17.5. The lowest BCUT2D eigenvalue weighted by molar-refractivity contribution is -0.136. The van der Waals surface area contributed by atoms with Gasteiger partial charge in [0.2, 0.25) is 0 Å². The topological polar surface area (TPSA) is 77.2 Å². The molecular weight excluding hydrogens is 386 g/mol. The van der Waals surface area contributed by atoms with Crippen molar-refractivity contribution in [2.24, 2.45) is 7.05 Å². The zero-order valence-electron chi connectivity index (χ0n) is 14.2. The molecule has 0 fully saturated rings. The molecule has 4 rings (SSSR count). The van der Waals surface area contributed by atoms with E-state index in [9.17, 15) is 4.79 Å². The highest BCUT2D eigenvalue weighted by atomic mass is 35.5. The standard InChI is InChI=1S/C19H14ClN3O3S/c1-23-7-6-22-19(23)16-10-14-18(27-16)15(4-5-21-14)26-12-3-2-11(8-17(24)25)13(20)9-12/h2-7,9-10H,8H2,1H3,(H,24,25). The second-order valence-electron chi connectivity index (χ2n) is 5.92. The minimum Gasteiger partial charge on any atom is -0.481 e. The van der Waals surface area contributed by atoms with Crippen LogP contribution in [0.4, 0.5) is 0 Å². The van der Waals surface area contributed by atoms with Crippen molar-refractivity contribution in [3.8, 4) is 22.2 Å². The average Bonchev–Trinajstić information content (AvgIpc) is 3.23. The molecule has 6 nitrogen and oxygen atoms in total. The number of thiophene rings is 1. The van der Waals surface area contributed by atoms with E-state index in [2.05, 4.69) is 9.97 Å². The largest absolute Gasteiger partial charge is 0.481 e. The summed E-state index contributed by atoms with van der Waals surface area (Å²) in [6.45, 7) is 0. The van der Waals surface area contributed by atoms with Gasteiger partial charge in [0, 0.05) is 36.7 Å². The van der Waals surface area contributed by atoms with Crippen molar-refractivity contribution in [2.75, 3.05) is 0 Å². The van der Waals surface area contributed by atoms with Gasteiger partial charge in [-0.25, -0.2) is 4.98 Å². The fourth-order valence-corrected chi connectivity index (χ4v) is 4.08. The van der Waals surface area contributed by atoms with Crippen molar-refractivity contribution < 1.29 is 14.6 Å². The lowest BCUT2D eigenvalue weighted by Crippen LogP contribution is -2.00. The number of aryl methyl sites for hydroxylation is 1. The number of aliphatic carboxylic acids is 1. The minimum atomic E-state index is -0.929. The Balaban J connectivity index is 1.68. The fraction of sp³-hybridized carbons (Fsp3) is 0.105. The van der Waals surface area contributed by atoms with Crippen LogP contribution in [0, 0.1) is 0 Å². The van der Waals surface area contributed by atoms with Gasteiger partial charge in [-0.2, -0.15) is 0 Å². The quantitative estimate of drug-likeness (QED) is 0.523. The van der Waals surface area contributed by atoms with E-state index in [-0.39, 0.29) is 6.42 Å². The predicted octanol–water partition coefficient (Wildman–Crippen LogP) is 4.77. The van der Waals surface area contributed by atoms with E-state index in [1.165, 1.54) is 0 Å². The first-order valence-electron chi connectivity index (χ1n) is 8.05. The number of benzene rings is 1. The third-order valence-corrected chi connectivity index (χ3v) is 5.50. The fourth-order valence-electron chi connectivity index (χ4n) is 2.73. The molecule has 0 bridgehead atoms. The maximum atomic E-state index is 10.9. The maximum Gasteiger partial charge on any atom is 0.307 e. The molecule has 0 aliphatic carbocycles. The van der Waals surface area contributed by atoms with Gasteiger partial charge in [0.05, 0.1) is 21.5 Å². The smallest absolute Gasteiger partial charge is 0.307 e. The first-order valence-corrected chi connectivity index (χ1v) is 9.25. The Kier molecular flexibility index (Phi) is 4.55. The summed E-state index contributed by atoms with van der Waals surface area (Å²) in [5, 5.41) is 9.27. The highest BCUT2D eigenvalue weighted by Gasteiger charge is 2.14. The molecule has 0 saturated carbocycles. The highest BCUT2D eigenvalue weighted by molar-refractivity contribution is 7.22. The van der Waals surface area contributed by atoms with Crippen molar-refractivity contribution >= 4 is 39.1 Å². The van der Waals surface area contributed by atoms with Crippen molar-refractivity contribution in [1.82, 2.24) is 14.5 Å². The van der Waals surface area contributed by atoms with Crippen LogP contribution in [0.2, 0.25) is 5.02 Å². The van der Waals surface area contributed by atoms with Gasteiger partial charge >= 0.3 is 5.97 Å². The van der Waals surface area contributed by atoms with Crippen LogP contribution in [0.25, 0.3) is 20.9 Å². The van der Waals surface area contributed by atoms with Crippen LogP contribution in [-0.4, -0.2) is 25.6 Å². The van der Waals surface area contributed by atoms with Gasteiger partial charge in [-0.1, -0.05) is 17.7 Å². The summed E-state index contributed by atoms with van der Waals surface area (Å²) in [5.41, 5.74) is 1.37. The predicted molar refractivity (Wildman–Crippen MR) is 105 cm³/mol. The molecule has 27 heavy (non-hydrogen) atoms. The summed E-state index contributed by atoms with van der Waals surface area (Å²) < 4.78 is 8.86. The van der Waals surface area contributed by atoms with Crippen LogP contribution in [0.1, 0.15) is 5.56 Å². The summed E-state index contributed by atoms with van der Waals surface area (Å²) >= 11 is 7.73. The second kappa shape index (κ2) is 7.02. The van der Waals surface area contributed by atoms with E-state index in [0.717, 1.165) is 20.9 Å². The number of carboxylic acid groups (broad SMARTS) is 1. The molecule has 0 aliphatic rings. The van der Waals surface area contributed by atoms with Crippen LogP contribution in [-0.2, 0) is 18.3 Å². The summed E-state index contributed by atoms with van der Waals surface area (Å²) in [6, 6.07) is 8.78. The van der Waals surface area contributed by atoms with Crippen molar-refractivity contribution in [1.29, 1.82) is 0 Å². The molecule has 136 valence electrons. The van der Waals surface area contributed by atoms with E-state index < -0.39 is 5.97 Å².